The van der Waals surface area contributed by atoms with Crippen molar-refractivity contribution in [3.05, 3.63) is 28.0 Å². The van der Waals surface area contributed by atoms with Crippen LogP contribution in [0.15, 0.2) is 17.0 Å². The largest absolute Gasteiger partial charge is 0.243 e. The van der Waals surface area contributed by atoms with E-state index in [1.54, 1.807) is 6.07 Å². The van der Waals surface area contributed by atoms with E-state index in [9.17, 15) is 12.8 Å². The fourth-order valence-corrected chi connectivity index (χ4v) is 2.58. The molecule has 0 heterocycles. The molecule has 0 unspecified atom stereocenters. The summed E-state index contributed by atoms with van der Waals surface area (Å²) in [6.45, 7) is -0.428. The smallest absolute Gasteiger partial charge is 0.207 e. The maximum absolute atomic E-state index is 13.2. The van der Waals surface area contributed by atoms with Crippen molar-refractivity contribution >= 4 is 33.2 Å². The average molecular weight is 283 g/mol. The highest BCUT2D eigenvalue weighted by molar-refractivity contribution is 7.89. The summed E-state index contributed by atoms with van der Waals surface area (Å²) in [6.07, 6.45) is 0. The molecule has 1 aromatic carbocycles. The number of hydrogen-bond donors (Lipinski definition) is 1. The molecule has 0 atom stereocenters. The van der Waals surface area contributed by atoms with Crippen LogP contribution in [0.25, 0.3) is 0 Å². The number of sulfonamides is 1. The van der Waals surface area contributed by atoms with E-state index >= 15 is 0 Å². The molecule has 1 rings (SSSR count). The third-order valence-corrected chi connectivity index (χ3v) is 3.85. The Bertz CT molecular complexity index is 554. The molecule has 0 saturated heterocycles. The van der Waals surface area contributed by atoms with Crippen molar-refractivity contribution in [1.82, 2.24) is 4.72 Å². The first-order chi connectivity index (χ1) is 7.40. The number of hydrogen-bond acceptors (Lipinski definition) is 3. The highest BCUT2D eigenvalue weighted by atomic mass is 35.5. The third kappa shape index (κ3) is 2.62. The lowest BCUT2D eigenvalue weighted by atomic mass is 10.3. The van der Waals surface area contributed by atoms with E-state index in [1.807, 2.05) is 4.72 Å². The topological polar surface area (TPSA) is 70.0 Å². The highest BCUT2D eigenvalue weighted by Crippen LogP contribution is 2.29. The van der Waals surface area contributed by atoms with E-state index in [4.69, 9.17) is 28.5 Å². The molecule has 0 radical (unpaired) electrons. The molecule has 16 heavy (non-hydrogen) atoms. The lowest BCUT2D eigenvalue weighted by Gasteiger charge is -2.06. The molecule has 86 valence electrons. The van der Waals surface area contributed by atoms with Crippen LogP contribution in [0.1, 0.15) is 0 Å². The van der Waals surface area contributed by atoms with Gasteiger partial charge >= 0.3 is 0 Å². The van der Waals surface area contributed by atoms with Gasteiger partial charge in [0.05, 0.1) is 22.7 Å². The standard InChI is InChI=1S/C8H5Cl2FN2O2S/c9-5-1-2-6(7(10)8(5)11)16(14,15)13-4-3-12/h1-2,13H,4H2. The highest BCUT2D eigenvalue weighted by Gasteiger charge is 2.21. The molecule has 8 heteroatoms. The van der Waals surface area contributed by atoms with Gasteiger partial charge in [-0.05, 0) is 12.1 Å². The number of nitrogens with one attached hydrogen (secondary N) is 1. The van der Waals surface area contributed by atoms with Crippen LogP contribution < -0.4 is 4.72 Å². The van der Waals surface area contributed by atoms with Crippen LogP contribution in [0, 0.1) is 17.1 Å². The zero-order valence-corrected chi connectivity index (χ0v) is 10.00. The summed E-state index contributed by atoms with van der Waals surface area (Å²) in [7, 11) is -4.00. The van der Waals surface area contributed by atoms with Gasteiger partial charge in [0.25, 0.3) is 0 Å². The molecule has 0 aliphatic rings. The fraction of sp³-hybridized carbons (Fsp3) is 0.125. The monoisotopic (exact) mass is 282 g/mol. The summed E-state index contributed by atoms with van der Waals surface area (Å²) in [5.74, 6) is -1.01. The van der Waals surface area contributed by atoms with Gasteiger partial charge in [-0.2, -0.15) is 9.98 Å². The Kier molecular flexibility index (Phi) is 4.10. The van der Waals surface area contributed by atoms with E-state index in [1.165, 1.54) is 0 Å². The van der Waals surface area contributed by atoms with Crippen molar-refractivity contribution in [1.29, 1.82) is 5.26 Å². The zero-order valence-electron chi connectivity index (χ0n) is 7.67. The number of halogens is 3. The summed E-state index contributed by atoms with van der Waals surface area (Å²) >= 11 is 10.9. The van der Waals surface area contributed by atoms with Gasteiger partial charge in [0.15, 0.2) is 5.82 Å². The van der Waals surface area contributed by atoms with Gasteiger partial charge in [-0.1, -0.05) is 23.2 Å². The van der Waals surface area contributed by atoms with E-state index in [0.29, 0.717) is 0 Å². The summed E-state index contributed by atoms with van der Waals surface area (Å²) in [5, 5.41) is 7.37. The molecular weight excluding hydrogens is 278 g/mol. The van der Waals surface area contributed by atoms with Crippen molar-refractivity contribution in [3.8, 4) is 6.07 Å². The van der Waals surface area contributed by atoms with Gasteiger partial charge in [0, 0.05) is 0 Å². The van der Waals surface area contributed by atoms with E-state index in [-0.39, 0.29) is 5.02 Å². The van der Waals surface area contributed by atoms with Crippen molar-refractivity contribution in [2.24, 2.45) is 0 Å². The van der Waals surface area contributed by atoms with Crippen LogP contribution in [0.4, 0.5) is 4.39 Å². The second-order valence-corrected chi connectivity index (χ2v) is 5.18. The molecule has 0 spiro atoms. The Balaban J connectivity index is 3.26. The number of benzene rings is 1. The van der Waals surface area contributed by atoms with Crippen LogP contribution in [-0.4, -0.2) is 15.0 Å². The van der Waals surface area contributed by atoms with Crippen LogP contribution in [0.3, 0.4) is 0 Å². The molecule has 0 bridgehead atoms. The molecule has 0 aromatic heterocycles. The number of nitriles is 1. The summed E-state index contributed by atoms with van der Waals surface area (Å²) in [6, 6.07) is 3.72. The molecule has 0 amide bonds. The molecule has 0 aliphatic heterocycles. The van der Waals surface area contributed by atoms with Crippen LogP contribution in [0.5, 0.6) is 0 Å². The van der Waals surface area contributed by atoms with Gasteiger partial charge in [-0.25, -0.2) is 12.8 Å². The molecule has 0 saturated carbocycles. The first-order valence-corrected chi connectivity index (χ1v) is 6.14. The molecule has 0 aliphatic carbocycles. The SMILES string of the molecule is N#CCNS(=O)(=O)c1ccc(Cl)c(F)c1Cl. The van der Waals surface area contributed by atoms with Gasteiger partial charge in [0.2, 0.25) is 10.0 Å². The minimum Gasteiger partial charge on any atom is -0.207 e. The van der Waals surface area contributed by atoms with Gasteiger partial charge in [-0.15, -0.1) is 0 Å². The third-order valence-electron chi connectivity index (χ3n) is 1.63. The first kappa shape index (κ1) is 13.2. The summed E-state index contributed by atoms with van der Waals surface area (Å²) in [4.78, 5) is -0.452. The Hall–Kier alpha value is -0.870. The quantitative estimate of drug-likeness (QED) is 0.680. The lowest BCUT2D eigenvalue weighted by molar-refractivity contribution is 0.582. The molecular formula is C8H5Cl2FN2O2S. The Morgan fingerprint density at radius 2 is 2.06 bits per heavy atom. The minimum atomic E-state index is -4.00. The predicted molar refractivity (Wildman–Crippen MR) is 57.2 cm³/mol. The molecule has 1 N–H and O–H groups in total. The first-order valence-electron chi connectivity index (χ1n) is 3.90. The van der Waals surface area contributed by atoms with Crippen molar-refractivity contribution in [2.45, 2.75) is 4.90 Å². The van der Waals surface area contributed by atoms with E-state index in [0.717, 1.165) is 12.1 Å². The van der Waals surface area contributed by atoms with Gasteiger partial charge in [0.1, 0.15) is 4.90 Å². The van der Waals surface area contributed by atoms with Gasteiger partial charge < -0.3 is 0 Å². The summed E-state index contributed by atoms with van der Waals surface area (Å²) in [5.41, 5.74) is 0. The van der Waals surface area contributed by atoms with Gasteiger partial charge in [-0.3, -0.25) is 0 Å². The minimum absolute atomic E-state index is 0.274. The Morgan fingerprint density at radius 1 is 1.44 bits per heavy atom. The number of nitrogens with zero attached hydrogens (tertiary/aromatic N) is 1. The number of rotatable bonds is 3. The molecule has 4 nitrogen and oxygen atoms in total. The van der Waals surface area contributed by atoms with E-state index < -0.39 is 32.3 Å². The second kappa shape index (κ2) is 4.97. The average Bonchev–Trinajstić information content (AvgIpc) is 2.23. The van der Waals surface area contributed by atoms with Crippen LogP contribution >= 0.6 is 23.2 Å². The second-order valence-electron chi connectivity index (χ2n) is 2.66. The molecule has 0 fully saturated rings. The Labute approximate surface area is 102 Å². The lowest BCUT2D eigenvalue weighted by Crippen LogP contribution is -2.24. The van der Waals surface area contributed by atoms with Crippen LogP contribution in [-0.2, 0) is 10.0 Å². The Morgan fingerprint density at radius 3 is 2.62 bits per heavy atom. The van der Waals surface area contributed by atoms with Crippen molar-refractivity contribution in [2.75, 3.05) is 6.54 Å². The van der Waals surface area contributed by atoms with Crippen molar-refractivity contribution < 1.29 is 12.8 Å². The molecule has 1 aromatic rings. The zero-order chi connectivity index (χ0) is 12.3. The fourth-order valence-electron chi connectivity index (χ4n) is 0.921. The summed E-state index contributed by atoms with van der Waals surface area (Å²) < 4.78 is 38.2. The maximum atomic E-state index is 13.2. The predicted octanol–water partition coefficient (Wildman–Crippen LogP) is 1.93. The van der Waals surface area contributed by atoms with E-state index in [2.05, 4.69) is 0 Å². The maximum Gasteiger partial charge on any atom is 0.243 e. The normalized spacial score (nSPS) is 11.1. The van der Waals surface area contributed by atoms with Crippen LogP contribution in [0.2, 0.25) is 10.0 Å². The van der Waals surface area contributed by atoms with Crippen molar-refractivity contribution in [3.63, 3.8) is 0 Å².